The molecule has 1 aromatic rings. The van der Waals surface area contributed by atoms with Gasteiger partial charge in [-0.25, -0.2) is 4.79 Å². The summed E-state index contributed by atoms with van der Waals surface area (Å²) in [6.07, 6.45) is 6.28. The lowest BCUT2D eigenvalue weighted by Gasteiger charge is -2.40. The molecule has 0 saturated carbocycles. The lowest BCUT2D eigenvalue weighted by Crippen LogP contribution is -2.55. The third-order valence-corrected chi connectivity index (χ3v) is 5.15. The highest BCUT2D eigenvalue weighted by atomic mass is 127. The first-order chi connectivity index (χ1) is 12.9. The molecule has 2 aliphatic heterocycles. The monoisotopic (exact) mass is 504 g/mol. The van der Waals surface area contributed by atoms with Crippen molar-refractivity contribution >= 4 is 36.0 Å². The summed E-state index contributed by atoms with van der Waals surface area (Å²) in [4.78, 5) is 18.9. The zero-order valence-electron chi connectivity index (χ0n) is 17.2. The number of guanidine groups is 1. The Morgan fingerprint density at radius 2 is 2.00 bits per heavy atom. The van der Waals surface area contributed by atoms with Gasteiger partial charge in [0.1, 0.15) is 11.4 Å². The number of nitrogens with one attached hydrogen (secondary N) is 2. The summed E-state index contributed by atoms with van der Waals surface area (Å²) >= 11 is 0. The molecule has 28 heavy (non-hydrogen) atoms. The maximum absolute atomic E-state index is 12.6. The number of aliphatic imine (C=N–C) groups is 1. The molecule has 7 nitrogen and oxygen atoms in total. The van der Waals surface area contributed by atoms with Gasteiger partial charge in [0.2, 0.25) is 0 Å². The van der Waals surface area contributed by atoms with Crippen LogP contribution in [0.1, 0.15) is 52.2 Å². The van der Waals surface area contributed by atoms with Crippen LogP contribution in [0.15, 0.2) is 27.8 Å². The van der Waals surface area contributed by atoms with E-state index in [1.165, 1.54) is 0 Å². The molecule has 2 aliphatic rings. The molecule has 2 fully saturated rings. The van der Waals surface area contributed by atoms with Crippen molar-refractivity contribution < 1.29 is 13.9 Å². The summed E-state index contributed by atoms with van der Waals surface area (Å²) in [6, 6.07) is 4.68. The molecule has 0 aliphatic carbocycles. The van der Waals surface area contributed by atoms with Crippen molar-refractivity contribution in [1.82, 2.24) is 15.5 Å². The molecule has 1 amide bonds. The highest BCUT2D eigenvalue weighted by Gasteiger charge is 2.45. The van der Waals surface area contributed by atoms with Gasteiger partial charge < -0.3 is 24.7 Å². The first-order valence-corrected chi connectivity index (χ1v) is 9.86. The third-order valence-electron chi connectivity index (χ3n) is 5.15. The minimum atomic E-state index is -0.453. The van der Waals surface area contributed by atoms with Crippen molar-refractivity contribution in [1.29, 1.82) is 0 Å². The van der Waals surface area contributed by atoms with Crippen LogP contribution in [0.25, 0.3) is 0 Å². The van der Waals surface area contributed by atoms with Crippen LogP contribution in [0.4, 0.5) is 4.79 Å². The molecule has 2 bridgehead atoms. The second-order valence-corrected chi connectivity index (χ2v) is 8.41. The Labute approximate surface area is 184 Å². The summed E-state index contributed by atoms with van der Waals surface area (Å²) in [7, 11) is 1.78. The number of halogens is 1. The zero-order valence-corrected chi connectivity index (χ0v) is 19.6. The van der Waals surface area contributed by atoms with Crippen molar-refractivity contribution in [2.75, 3.05) is 13.6 Å². The summed E-state index contributed by atoms with van der Waals surface area (Å²) < 4.78 is 11.0. The molecule has 0 spiro atoms. The van der Waals surface area contributed by atoms with Gasteiger partial charge in [0.15, 0.2) is 5.96 Å². The van der Waals surface area contributed by atoms with Gasteiger partial charge in [-0.05, 0) is 58.6 Å². The average Bonchev–Trinajstić information content (AvgIpc) is 3.19. The molecule has 3 heterocycles. The van der Waals surface area contributed by atoms with E-state index in [0.717, 1.165) is 50.4 Å². The number of carbonyl (C=O) groups is 1. The van der Waals surface area contributed by atoms with E-state index in [1.54, 1.807) is 13.3 Å². The number of nitrogens with zero attached hydrogens (tertiary/aromatic N) is 2. The van der Waals surface area contributed by atoms with Crippen LogP contribution in [-0.4, -0.2) is 54.3 Å². The van der Waals surface area contributed by atoms with E-state index in [2.05, 4.69) is 15.6 Å². The molecule has 3 rings (SSSR count). The Morgan fingerprint density at radius 1 is 1.32 bits per heavy atom. The van der Waals surface area contributed by atoms with Crippen LogP contribution in [0.5, 0.6) is 0 Å². The van der Waals surface area contributed by atoms with Crippen LogP contribution in [0.3, 0.4) is 0 Å². The Balaban J connectivity index is 0.00000280. The molecular weight excluding hydrogens is 471 g/mol. The third kappa shape index (κ3) is 6.02. The van der Waals surface area contributed by atoms with Crippen LogP contribution in [0, 0.1) is 0 Å². The Morgan fingerprint density at radius 3 is 2.54 bits per heavy atom. The fraction of sp³-hybridized carbons (Fsp3) is 0.700. The fourth-order valence-electron chi connectivity index (χ4n) is 4.05. The second kappa shape index (κ2) is 9.84. The predicted octanol–water partition coefficient (Wildman–Crippen LogP) is 3.54. The zero-order chi connectivity index (χ0) is 19.4. The lowest BCUT2D eigenvalue weighted by molar-refractivity contribution is 0.00545. The maximum atomic E-state index is 12.6. The first-order valence-electron chi connectivity index (χ1n) is 9.86. The largest absolute Gasteiger partial charge is 0.469 e. The standard InChI is InChI=1S/C20H32N4O3.HI/c1-20(2,3)27-19(25)24-15-7-8-16(24)13-14(12-15)23-18(21-4)22-10-9-17-6-5-11-26-17;/h5-6,11,14-16H,7-10,12-13H2,1-4H3,(H2,21,22,23);1H. The van der Waals surface area contributed by atoms with Crippen molar-refractivity contribution in [2.45, 2.75) is 76.6 Å². The number of ether oxygens (including phenoxy) is 1. The average molecular weight is 504 g/mol. The van der Waals surface area contributed by atoms with Crippen molar-refractivity contribution in [3.8, 4) is 0 Å². The molecule has 2 atom stereocenters. The highest BCUT2D eigenvalue weighted by molar-refractivity contribution is 14.0. The number of hydrogen-bond donors (Lipinski definition) is 2. The quantitative estimate of drug-likeness (QED) is 0.373. The number of hydrogen-bond acceptors (Lipinski definition) is 4. The van der Waals surface area contributed by atoms with Gasteiger partial charge in [-0.2, -0.15) is 0 Å². The molecule has 158 valence electrons. The van der Waals surface area contributed by atoms with E-state index in [-0.39, 0.29) is 42.2 Å². The Hall–Kier alpha value is -1.45. The maximum Gasteiger partial charge on any atom is 0.410 e. The molecule has 1 aromatic heterocycles. The van der Waals surface area contributed by atoms with Crippen LogP contribution >= 0.6 is 24.0 Å². The van der Waals surface area contributed by atoms with Gasteiger partial charge in [-0.3, -0.25) is 4.99 Å². The summed E-state index contributed by atoms with van der Waals surface area (Å²) in [5, 5.41) is 6.87. The fourth-order valence-corrected chi connectivity index (χ4v) is 4.05. The molecule has 0 radical (unpaired) electrons. The van der Waals surface area contributed by atoms with Crippen molar-refractivity contribution in [2.24, 2.45) is 4.99 Å². The Bertz CT molecular complexity index is 643. The number of fused-ring (bicyclic) bond motifs is 2. The molecule has 2 unspecified atom stereocenters. The van der Waals surface area contributed by atoms with Gasteiger partial charge in [0, 0.05) is 38.1 Å². The second-order valence-electron chi connectivity index (χ2n) is 8.41. The van der Waals surface area contributed by atoms with Crippen LogP contribution in [0.2, 0.25) is 0 Å². The molecule has 8 heteroatoms. The van der Waals surface area contributed by atoms with Gasteiger partial charge in [0.05, 0.1) is 6.26 Å². The highest BCUT2D eigenvalue weighted by Crippen LogP contribution is 2.36. The first kappa shape index (κ1) is 22.8. The molecule has 2 saturated heterocycles. The minimum Gasteiger partial charge on any atom is -0.469 e. The molecule has 0 aromatic carbocycles. The summed E-state index contributed by atoms with van der Waals surface area (Å²) in [6.45, 7) is 6.51. The number of rotatable bonds is 4. The van der Waals surface area contributed by atoms with Crippen LogP contribution in [-0.2, 0) is 11.2 Å². The van der Waals surface area contributed by atoms with Crippen molar-refractivity contribution in [3.63, 3.8) is 0 Å². The minimum absolute atomic E-state index is 0. The van der Waals surface area contributed by atoms with Crippen LogP contribution < -0.4 is 10.6 Å². The SMILES string of the molecule is CN=C(NCCc1ccco1)NC1CC2CCC(C1)N2C(=O)OC(C)(C)C.I. The van der Waals surface area contributed by atoms with Gasteiger partial charge >= 0.3 is 6.09 Å². The molecule has 2 N–H and O–H groups in total. The van der Waals surface area contributed by atoms with E-state index in [4.69, 9.17) is 9.15 Å². The topological polar surface area (TPSA) is 79.1 Å². The van der Waals surface area contributed by atoms with E-state index in [0.29, 0.717) is 6.04 Å². The van der Waals surface area contributed by atoms with E-state index in [9.17, 15) is 4.79 Å². The number of amides is 1. The van der Waals surface area contributed by atoms with E-state index >= 15 is 0 Å². The normalized spacial score (nSPS) is 24.5. The number of furan rings is 1. The van der Waals surface area contributed by atoms with Gasteiger partial charge in [0.25, 0.3) is 0 Å². The van der Waals surface area contributed by atoms with E-state index in [1.807, 2.05) is 37.8 Å². The van der Waals surface area contributed by atoms with Gasteiger partial charge in [-0.15, -0.1) is 24.0 Å². The van der Waals surface area contributed by atoms with Gasteiger partial charge in [-0.1, -0.05) is 0 Å². The summed E-state index contributed by atoms with van der Waals surface area (Å²) in [5.74, 6) is 1.76. The molecular formula is C20H33IN4O3. The predicted molar refractivity (Wildman–Crippen MR) is 120 cm³/mol. The lowest BCUT2D eigenvalue weighted by atomic mass is 9.98. The Kier molecular flexibility index (Phi) is 8.03. The van der Waals surface area contributed by atoms with Crippen molar-refractivity contribution in [3.05, 3.63) is 24.2 Å². The smallest absolute Gasteiger partial charge is 0.410 e. The number of carbonyl (C=O) groups excluding carboxylic acids is 1. The van der Waals surface area contributed by atoms with E-state index < -0.39 is 5.60 Å². The number of piperidine rings is 1. The summed E-state index contributed by atoms with van der Waals surface area (Å²) in [5.41, 5.74) is -0.453.